The van der Waals surface area contributed by atoms with Gasteiger partial charge in [0.1, 0.15) is 0 Å². The van der Waals surface area contributed by atoms with E-state index < -0.39 is 0 Å². The van der Waals surface area contributed by atoms with E-state index in [2.05, 4.69) is 10.2 Å². The van der Waals surface area contributed by atoms with Gasteiger partial charge in [-0.05, 0) is 62.9 Å². The van der Waals surface area contributed by atoms with Crippen LogP contribution in [0.1, 0.15) is 56.4 Å². The Balaban J connectivity index is 1.47. The molecule has 0 spiro atoms. The minimum Gasteiger partial charge on any atom is -0.493 e. The highest BCUT2D eigenvalue weighted by molar-refractivity contribution is 5.82. The molecule has 1 aromatic rings. The number of benzene rings is 1. The van der Waals surface area contributed by atoms with Crippen molar-refractivity contribution < 1.29 is 19.1 Å². The largest absolute Gasteiger partial charge is 0.493 e. The van der Waals surface area contributed by atoms with E-state index in [9.17, 15) is 9.59 Å². The normalized spacial score (nSPS) is 24.1. The Morgan fingerprint density at radius 1 is 0.970 bits per heavy atom. The van der Waals surface area contributed by atoms with E-state index in [1.807, 2.05) is 23.1 Å². The van der Waals surface area contributed by atoms with Crippen LogP contribution in [-0.4, -0.2) is 75.1 Å². The molecule has 0 radical (unpaired) electrons. The van der Waals surface area contributed by atoms with E-state index >= 15 is 0 Å². The fraction of sp³-hybridized carbons (Fsp3) is 0.692. The Hall–Kier alpha value is -2.28. The predicted molar refractivity (Wildman–Crippen MR) is 128 cm³/mol. The second-order valence-electron chi connectivity index (χ2n) is 9.81. The molecule has 0 bridgehead atoms. The van der Waals surface area contributed by atoms with Gasteiger partial charge in [-0.25, -0.2) is 0 Å². The summed E-state index contributed by atoms with van der Waals surface area (Å²) in [5.74, 6) is 1.69. The molecule has 33 heavy (non-hydrogen) atoms. The van der Waals surface area contributed by atoms with Crippen molar-refractivity contribution in [2.24, 2.45) is 11.8 Å². The number of carbonyl (C=O) groups is 2. The van der Waals surface area contributed by atoms with Crippen LogP contribution < -0.4 is 14.8 Å². The summed E-state index contributed by atoms with van der Waals surface area (Å²) in [6.45, 7) is 5.01. The van der Waals surface area contributed by atoms with Crippen molar-refractivity contribution in [3.63, 3.8) is 0 Å². The number of likely N-dealkylation sites (tertiary alicyclic amines) is 2. The van der Waals surface area contributed by atoms with Crippen LogP contribution in [0.15, 0.2) is 18.2 Å². The summed E-state index contributed by atoms with van der Waals surface area (Å²) in [4.78, 5) is 30.8. The summed E-state index contributed by atoms with van der Waals surface area (Å²) >= 11 is 0. The molecule has 1 aliphatic carbocycles. The maximum atomic E-state index is 13.3. The summed E-state index contributed by atoms with van der Waals surface area (Å²) < 4.78 is 10.9. The van der Waals surface area contributed by atoms with Crippen molar-refractivity contribution in [3.05, 3.63) is 23.8 Å². The molecule has 182 valence electrons. The molecular weight excluding hydrogens is 418 g/mol. The van der Waals surface area contributed by atoms with Gasteiger partial charge < -0.3 is 24.6 Å². The third kappa shape index (κ3) is 5.81. The first-order chi connectivity index (χ1) is 16.1. The summed E-state index contributed by atoms with van der Waals surface area (Å²) in [7, 11) is 3.26. The lowest BCUT2D eigenvalue weighted by Gasteiger charge is -2.38. The maximum absolute atomic E-state index is 13.3. The van der Waals surface area contributed by atoms with Crippen LogP contribution in [0.5, 0.6) is 11.5 Å². The van der Waals surface area contributed by atoms with E-state index in [1.54, 1.807) is 14.2 Å². The number of piperidine rings is 1. The minimum absolute atomic E-state index is 0.0728. The molecule has 2 amide bonds. The lowest BCUT2D eigenvalue weighted by Crippen LogP contribution is -2.50. The van der Waals surface area contributed by atoms with Crippen LogP contribution in [0.4, 0.5) is 0 Å². The van der Waals surface area contributed by atoms with Gasteiger partial charge in [-0.15, -0.1) is 0 Å². The molecule has 1 saturated carbocycles. The number of amides is 2. The highest BCUT2D eigenvalue weighted by Gasteiger charge is 2.37. The molecule has 2 heterocycles. The second kappa shape index (κ2) is 11.2. The number of nitrogens with one attached hydrogen (secondary N) is 1. The summed E-state index contributed by atoms with van der Waals surface area (Å²) in [6, 6.07) is 5.95. The Bertz CT molecular complexity index is 818. The van der Waals surface area contributed by atoms with E-state index in [1.165, 1.54) is 12.8 Å². The number of ether oxygens (including phenoxy) is 2. The van der Waals surface area contributed by atoms with Crippen LogP contribution >= 0.6 is 0 Å². The first-order valence-corrected chi connectivity index (χ1v) is 12.6. The molecule has 3 aliphatic rings. The van der Waals surface area contributed by atoms with Crippen LogP contribution in [-0.2, 0) is 9.59 Å². The zero-order valence-electron chi connectivity index (χ0n) is 20.2. The van der Waals surface area contributed by atoms with Crippen LogP contribution in [0, 0.1) is 11.8 Å². The van der Waals surface area contributed by atoms with Gasteiger partial charge in [0.05, 0.1) is 20.1 Å². The summed E-state index contributed by atoms with van der Waals surface area (Å²) in [5, 5.41) is 3.16. The third-order valence-corrected chi connectivity index (χ3v) is 7.64. The number of carbonyl (C=O) groups excluding carboxylic acids is 2. The first-order valence-electron chi connectivity index (χ1n) is 12.6. The van der Waals surface area contributed by atoms with Gasteiger partial charge in [0.15, 0.2) is 11.5 Å². The van der Waals surface area contributed by atoms with E-state index in [4.69, 9.17) is 9.47 Å². The Morgan fingerprint density at radius 2 is 1.70 bits per heavy atom. The van der Waals surface area contributed by atoms with Gasteiger partial charge in [0.25, 0.3) is 0 Å². The topological polar surface area (TPSA) is 71.1 Å². The maximum Gasteiger partial charge on any atom is 0.225 e. The molecule has 4 rings (SSSR count). The highest BCUT2D eigenvalue weighted by Crippen LogP contribution is 2.37. The molecule has 7 heteroatoms. The van der Waals surface area contributed by atoms with E-state index in [0.717, 1.165) is 57.3 Å². The molecular formula is C26H39N3O4. The summed E-state index contributed by atoms with van der Waals surface area (Å²) in [5.41, 5.74) is 1.09. The first kappa shape index (κ1) is 23.9. The van der Waals surface area contributed by atoms with Gasteiger partial charge in [-0.2, -0.15) is 0 Å². The molecule has 0 aromatic heterocycles. The molecule has 2 unspecified atom stereocenters. The number of nitrogens with zero attached hydrogens (tertiary/aromatic N) is 2. The lowest BCUT2D eigenvalue weighted by atomic mass is 9.83. The molecule has 3 fully saturated rings. The van der Waals surface area contributed by atoms with Crippen molar-refractivity contribution in [3.8, 4) is 11.5 Å². The van der Waals surface area contributed by atoms with Crippen molar-refractivity contribution >= 4 is 11.8 Å². The zero-order chi connectivity index (χ0) is 23.2. The number of rotatable bonds is 8. The van der Waals surface area contributed by atoms with Crippen molar-refractivity contribution in [1.82, 2.24) is 15.1 Å². The fourth-order valence-corrected chi connectivity index (χ4v) is 5.74. The molecule has 1 N–H and O–H groups in total. The van der Waals surface area contributed by atoms with Gasteiger partial charge in [0.2, 0.25) is 11.8 Å². The molecule has 2 saturated heterocycles. The highest BCUT2D eigenvalue weighted by atomic mass is 16.5. The zero-order valence-corrected chi connectivity index (χ0v) is 20.2. The average Bonchev–Trinajstić information content (AvgIpc) is 3.57. The lowest BCUT2D eigenvalue weighted by molar-refractivity contribution is -0.139. The third-order valence-electron chi connectivity index (χ3n) is 7.64. The Labute approximate surface area is 197 Å². The second-order valence-corrected chi connectivity index (χ2v) is 9.81. The van der Waals surface area contributed by atoms with Crippen LogP contribution in [0.3, 0.4) is 0 Å². The smallest absolute Gasteiger partial charge is 0.225 e. The van der Waals surface area contributed by atoms with Gasteiger partial charge in [0, 0.05) is 38.0 Å². The van der Waals surface area contributed by atoms with Crippen molar-refractivity contribution in [1.29, 1.82) is 0 Å². The average molecular weight is 458 g/mol. The predicted octanol–water partition coefficient (Wildman–Crippen LogP) is 3.04. The molecule has 2 aliphatic heterocycles. The van der Waals surface area contributed by atoms with Crippen molar-refractivity contribution in [2.75, 3.05) is 53.5 Å². The van der Waals surface area contributed by atoms with Gasteiger partial charge >= 0.3 is 0 Å². The Morgan fingerprint density at radius 3 is 2.39 bits per heavy atom. The Kier molecular flexibility index (Phi) is 8.12. The van der Waals surface area contributed by atoms with Crippen molar-refractivity contribution in [2.45, 2.75) is 50.9 Å². The number of methoxy groups -OCH3 is 2. The standard InChI is InChI=1S/C26H39N3O4/c1-32-23-10-9-20(16-24(23)33-2)21-15-22(25(30)27-11-14-28-12-5-6-13-28)18-29(17-21)26(31)19-7-3-4-8-19/h9-10,16,19,21-22H,3-8,11-15,17-18H2,1-2H3,(H,27,30). The van der Waals surface area contributed by atoms with E-state index in [-0.39, 0.29) is 29.6 Å². The molecule has 7 nitrogen and oxygen atoms in total. The molecule has 1 aromatic carbocycles. The SMILES string of the molecule is COc1ccc(C2CC(C(=O)NCCN3CCCC3)CN(C(=O)C3CCCC3)C2)cc1OC. The van der Waals surface area contributed by atoms with Crippen LogP contribution in [0.2, 0.25) is 0 Å². The summed E-state index contributed by atoms with van der Waals surface area (Å²) in [6.07, 6.45) is 7.45. The van der Waals surface area contributed by atoms with Crippen LogP contribution in [0.25, 0.3) is 0 Å². The number of hydrogen-bond acceptors (Lipinski definition) is 5. The van der Waals surface area contributed by atoms with Gasteiger partial charge in [-0.1, -0.05) is 18.9 Å². The molecule has 2 atom stereocenters. The van der Waals surface area contributed by atoms with Gasteiger partial charge in [-0.3, -0.25) is 9.59 Å². The quantitative estimate of drug-likeness (QED) is 0.650. The fourth-order valence-electron chi connectivity index (χ4n) is 5.74. The number of hydrogen-bond donors (Lipinski definition) is 1. The monoisotopic (exact) mass is 457 g/mol. The van der Waals surface area contributed by atoms with E-state index in [0.29, 0.717) is 31.1 Å². The minimum atomic E-state index is -0.194.